The van der Waals surface area contributed by atoms with Crippen LogP contribution in [0.25, 0.3) is 0 Å². The molecule has 0 aliphatic heterocycles. The average molecular weight is 287 g/mol. The number of hydrogen-bond acceptors (Lipinski definition) is 3. The first-order chi connectivity index (χ1) is 7.29. The predicted molar refractivity (Wildman–Crippen MR) is 67.2 cm³/mol. The Balaban J connectivity index is 2.70. The van der Waals surface area contributed by atoms with Crippen LogP contribution in [0.3, 0.4) is 0 Å². The van der Waals surface area contributed by atoms with Gasteiger partial charge in [0.05, 0.1) is 5.60 Å². The molecule has 1 aromatic carbocycles. The van der Waals surface area contributed by atoms with Gasteiger partial charge in [0.25, 0.3) is 5.91 Å². The third kappa shape index (κ3) is 3.83. The molecule has 1 aromatic rings. The minimum absolute atomic E-state index is 0.196. The molecule has 0 aliphatic rings. The van der Waals surface area contributed by atoms with Gasteiger partial charge < -0.3 is 16.2 Å². The number of amides is 1. The molecule has 0 radical (unpaired) electrons. The highest BCUT2D eigenvalue weighted by Crippen LogP contribution is 2.20. The molecule has 1 rings (SSSR count). The predicted octanol–water partition coefficient (Wildman–Crippen LogP) is 1.53. The number of rotatable bonds is 3. The van der Waals surface area contributed by atoms with Gasteiger partial charge in [0.15, 0.2) is 0 Å². The van der Waals surface area contributed by atoms with Crippen LogP contribution in [-0.2, 0) is 0 Å². The maximum Gasteiger partial charge on any atom is 0.251 e. The zero-order valence-corrected chi connectivity index (χ0v) is 10.8. The number of nitrogens with one attached hydrogen (secondary N) is 1. The number of nitrogens with two attached hydrogens (primary N) is 1. The third-order valence-corrected chi connectivity index (χ3v) is 2.66. The summed E-state index contributed by atoms with van der Waals surface area (Å²) in [6.07, 6.45) is 0. The van der Waals surface area contributed by atoms with Crippen molar-refractivity contribution in [2.75, 3.05) is 12.3 Å². The van der Waals surface area contributed by atoms with Crippen molar-refractivity contribution in [1.29, 1.82) is 0 Å². The Morgan fingerprint density at radius 2 is 2.19 bits per heavy atom. The Morgan fingerprint density at radius 3 is 2.69 bits per heavy atom. The largest absolute Gasteiger partial charge is 0.398 e. The number of nitrogen functional groups attached to an aromatic ring is 1. The van der Waals surface area contributed by atoms with Gasteiger partial charge in [-0.05, 0) is 48.0 Å². The molecule has 16 heavy (non-hydrogen) atoms. The second-order valence-corrected chi connectivity index (χ2v) is 5.09. The van der Waals surface area contributed by atoms with Crippen molar-refractivity contribution in [2.24, 2.45) is 0 Å². The molecule has 0 atom stereocenters. The van der Waals surface area contributed by atoms with Gasteiger partial charge in [0, 0.05) is 22.3 Å². The average Bonchev–Trinajstić information content (AvgIpc) is 2.17. The van der Waals surface area contributed by atoms with E-state index in [-0.39, 0.29) is 12.5 Å². The summed E-state index contributed by atoms with van der Waals surface area (Å²) in [5, 5.41) is 12.1. The standard InChI is InChI=1S/C11H15BrN2O2/c1-11(2,16)6-14-10(15)7-3-4-8(12)9(13)5-7/h3-5,16H,6,13H2,1-2H3,(H,14,15). The van der Waals surface area contributed by atoms with Gasteiger partial charge in [-0.2, -0.15) is 0 Å². The molecule has 4 nitrogen and oxygen atoms in total. The van der Waals surface area contributed by atoms with E-state index in [1.54, 1.807) is 32.0 Å². The molecule has 4 N–H and O–H groups in total. The Hall–Kier alpha value is -1.07. The first kappa shape index (κ1) is 13.0. The van der Waals surface area contributed by atoms with Crippen LogP contribution < -0.4 is 11.1 Å². The van der Waals surface area contributed by atoms with Crippen LogP contribution in [0.15, 0.2) is 22.7 Å². The lowest BCUT2D eigenvalue weighted by molar-refractivity contribution is 0.0694. The van der Waals surface area contributed by atoms with Crippen molar-refractivity contribution in [2.45, 2.75) is 19.4 Å². The summed E-state index contributed by atoms with van der Waals surface area (Å²) < 4.78 is 0.756. The summed E-state index contributed by atoms with van der Waals surface area (Å²) in [5.74, 6) is -0.249. The van der Waals surface area contributed by atoms with E-state index in [4.69, 9.17) is 5.73 Å². The first-order valence-corrected chi connectivity index (χ1v) is 5.64. The molecule has 0 aromatic heterocycles. The fourth-order valence-corrected chi connectivity index (χ4v) is 1.33. The SMILES string of the molecule is CC(C)(O)CNC(=O)c1ccc(Br)c(N)c1. The topological polar surface area (TPSA) is 75.3 Å². The smallest absolute Gasteiger partial charge is 0.251 e. The molecule has 0 saturated carbocycles. The van der Waals surface area contributed by atoms with Crippen LogP contribution in [0.4, 0.5) is 5.69 Å². The lowest BCUT2D eigenvalue weighted by atomic mass is 10.1. The van der Waals surface area contributed by atoms with Crippen LogP contribution in [-0.4, -0.2) is 23.2 Å². The Labute approximate surface area is 103 Å². The van der Waals surface area contributed by atoms with Crippen molar-refractivity contribution in [3.8, 4) is 0 Å². The number of carbonyl (C=O) groups is 1. The quantitative estimate of drug-likeness (QED) is 0.738. The van der Waals surface area contributed by atoms with Crippen molar-refractivity contribution < 1.29 is 9.90 Å². The highest BCUT2D eigenvalue weighted by atomic mass is 79.9. The van der Waals surface area contributed by atoms with Gasteiger partial charge >= 0.3 is 0 Å². The van der Waals surface area contributed by atoms with Crippen molar-refractivity contribution >= 4 is 27.5 Å². The Kier molecular flexibility index (Phi) is 3.93. The number of anilines is 1. The number of hydrogen-bond donors (Lipinski definition) is 3. The molecule has 1 amide bonds. The summed E-state index contributed by atoms with van der Waals surface area (Å²) in [7, 11) is 0. The maximum atomic E-state index is 11.7. The number of halogens is 1. The van der Waals surface area contributed by atoms with E-state index < -0.39 is 5.60 Å². The van der Waals surface area contributed by atoms with Gasteiger partial charge in [0.1, 0.15) is 0 Å². The third-order valence-electron chi connectivity index (χ3n) is 1.94. The second-order valence-electron chi connectivity index (χ2n) is 4.23. The van der Waals surface area contributed by atoms with E-state index in [1.165, 1.54) is 0 Å². The summed E-state index contributed by atoms with van der Waals surface area (Å²) in [4.78, 5) is 11.7. The lowest BCUT2D eigenvalue weighted by Crippen LogP contribution is -2.38. The Bertz CT molecular complexity index is 399. The molecule has 0 heterocycles. The second kappa shape index (κ2) is 4.84. The van der Waals surface area contributed by atoms with Crippen molar-refractivity contribution in [3.05, 3.63) is 28.2 Å². The monoisotopic (exact) mass is 286 g/mol. The molecule has 0 spiro atoms. The molecule has 0 fully saturated rings. The van der Waals surface area contributed by atoms with E-state index in [2.05, 4.69) is 21.2 Å². The summed E-state index contributed by atoms with van der Waals surface area (Å²) in [5.41, 5.74) is 5.73. The molecular weight excluding hydrogens is 272 g/mol. The Morgan fingerprint density at radius 1 is 1.56 bits per heavy atom. The highest BCUT2D eigenvalue weighted by Gasteiger charge is 2.15. The van der Waals surface area contributed by atoms with E-state index in [0.29, 0.717) is 11.3 Å². The zero-order valence-electron chi connectivity index (χ0n) is 9.25. The van der Waals surface area contributed by atoms with Crippen LogP contribution >= 0.6 is 15.9 Å². The van der Waals surface area contributed by atoms with Crippen molar-refractivity contribution in [1.82, 2.24) is 5.32 Å². The molecule has 0 saturated heterocycles. The van der Waals surface area contributed by atoms with Crippen LogP contribution in [0.1, 0.15) is 24.2 Å². The summed E-state index contributed by atoms with van der Waals surface area (Å²) >= 11 is 3.25. The van der Waals surface area contributed by atoms with Crippen LogP contribution in [0, 0.1) is 0 Å². The minimum Gasteiger partial charge on any atom is -0.398 e. The number of benzene rings is 1. The molecule has 0 bridgehead atoms. The molecule has 5 heteroatoms. The molecular formula is C11H15BrN2O2. The zero-order chi connectivity index (χ0) is 12.3. The molecule has 0 aliphatic carbocycles. The van der Waals surface area contributed by atoms with Crippen LogP contribution in [0.5, 0.6) is 0 Å². The number of aliphatic hydroxyl groups is 1. The van der Waals surface area contributed by atoms with E-state index >= 15 is 0 Å². The fraction of sp³-hybridized carbons (Fsp3) is 0.364. The lowest BCUT2D eigenvalue weighted by Gasteiger charge is -2.17. The van der Waals surface area contributed by atoms with Gasteiger partial charge in [-0.1, -0.05) is 0 Å². The van der Waals surface area contributed by atoms with E-state index in [0.717, 1.165) is 4.47 Å². The number of carbonyl (C=O) groups excluding carboxylic acids is 1. The molecule has 0 unspecified atom stereocenters. The maximum absolute atomic E-state index is 11.7. The van der Waals surface area contributed by atoms with Gasteiger partial charge in [0.2, 0.25) is 0 Å². The highest BCUT2D eigenvalue weighted by molar-refractivity contribution is 9.10. The first-order valence-electron chi connectivity index (χ1n) is 4.85. The van der Waals surface area contributed by atoms with E-state index in [1.807, 2.05) is 0 Å². The van der Waals surface area contributed by atoms with Crippen molar-refractivity contribution in [3.63, 3.8) is 0 Å². The minimum atomic E-state index is -0.920. The summed E-state index contributed by atoms with van der Waals surface area (Å²) in [6, 6.07) is 4.97. The fourth-order valence-electron chi connectivity index (χ4n) is 1.08. The molecule has 88 valence electrons. The summed E-state index contributed by atoms with van der Waals surface area (Å²) in [6.45, 7) is 3.45. The van der Waals surface area contributed by atoms with Gasteiger partial charge in [-0.25, -0.2) is 0 Å². The van der Waals surface area contributed by atoms with Crippen LogP contribution in [0.2, 0.25) is 0 Å². The van der Waals surface area contributed by atoms with Gasteiger partial charge in [-0.3, -0.25) is 4.79 Å². The van der Waals surface area contributed by atoms with E-state index in [9.17, 15) is 9.90 Å². The normalized spacial score (nSPS) is 11.2. The van der Waals surface area contributed by atoms with Gasteiger partial charge in [-0.15, -0.1) is 0 Å².